The Morgan fingerprint density at radius 2 is 1.61 bits per heavy atom. The largest absolute Gasteiger partial charge is 0.507 e. The van der Waals surface area contributed by atoms with Crippen molar-refractivity contribution >= 4 is 29.1 Å². The van der Waals surface area contributed by atoms with E-state index in [0.717, 1.165) is 11.1 Å². The fraction of sp³-hybridized carbons (Fsp3) is 0.207. The van der Waals surface area contributed by atoms with Crippen LogP contribution in [-0.2, 0) is 14.4 Å². The smallest absolute Gasteiger partial charge is 0.308 e. The molecule has 0 aromatic heterocycles. The van der Waals surface area contributed by atoms with E-state index in [4.69, 9.17) is 9.47 Å². The van der Waals surface area contributed by atoms with Crippen LogP contribution in [0.4, 0.5) is 5.69 Å². The molecule has 1 fully saturated rings. The van der Waals surface area contributed by atoms with Gasteiger partial charge in [-0.25, -0.2) is 0 Å². The summed E-state index contributed by atoms with van der Waals surface area (Å²) >= 11 is 0. The molecular weight excluding hydrogens is 458 g/mol. The van der Waals surface area contributed by atoms with E-state index in [9.17, 15) is 19.5 Å². The zero-order chi connectivity index (χ0) is 26.0. The Morgan fingerprint density at radius 1 is 0.944 bits per heavy atom. The molecule has 1 amide bonds. The molecule has 4 rings (SSSR count). The van der Waals surface area contributed by atoms with Gasteiger partial charge in [-0.3, -0.25) is 19.3 Å². The molecule has 7 heteroatoms. The van der Waals surface area contributed by atoms with Crippen LogP contribution < -0.4 is 14.4 Å². The summed E-state index contributed by atoms with van der Waals surface area (Å²) in [5.74, 6) is -1.42. The first-order valence-corrected chi connectivity index (χ1v) is 11.6. The number of carbonyl (C=O) groups is 3. The molecule has 0 saturated carbocycles. The van der Waals surface area contributed by atoms with E-state index >= 15 is 0 Å². The monoisotopic (exact) mass is 485 g/mol. The van der Waals surface area contributed by atoms with Crippen LogP contribution in [-0.4, -0.2) is 29.4 Å². The Hall–Kier alpha value is -4.39. The fourth-order valence-electron chi connectivity index (χ4n) is 4.44. The Bertz CT molecular complexity index is 1350. The molecule has 1 heterocycles. The van der Waals surface area contributed by atoms with Crippen molar-refractivity contribution < 1.29 is 29.0 Å². The first kappa shape index (κ1) is 24.7. The minimum Gasteiger partial charge on any atom is -0.507 e. The first-order valence-electron chi connectivity index (χ1n) is 11.6. The standard InChI is InChI=1S/C29H27NO6/c1-5-35-24-8-6-7-21(16-24)27(32)25-26(20-9-11-23(12-10-20)36-19(4)31)30(29(34)28(25)33)22-14-17(2)13-18(3)15-22/h6-16,26,32H,5H2,1-4H3/b27-25+. The first-order chi connectivity index (χ1) is 17.2. The van der Waals surface area contributed by atoms with E-state index in [0.29, 0.717) is 34.9 Å². The lowest BCUT2D eigenvalue weighted by molar-refractivity contribution is -0.132. The number of ketones is 1. The number of rotatable bonds is 6. The van der Waals surface area contributed by atoms with Gasteiger partial charge in [0.05, 0.1) is 18.2 Å². The van der Waals surface area contributed by atoms with Gasteiger partial charge < -0.3 is 14.6 Å². The van der Waals surface area contributed by atoms with Crippen molar-refractivity contribution in [3.63, 3.8) is 0 Å². The minimum atomic E-state index is -0.895. The zero-order valence-electron chi connectivity index (χ0n) is 20.6. The van der Waals surface area contributed by atoms with Crippen LogP contribution in [0.25, 0.3) is 5.76 Å². The van der Waals surface area contributed by atoms with Crippen molar-refractivity contribution in [2.75, 3.05) is 11.5 Å². The quantitative estimate of drug-likeness (QED) is 0.168. The highest BCUT2D eigenvalue weighted by Crippen LogP contribution is 2.43. The van der Waals surface area contributed by atoms with E-state index in [-0.39, 0.29) is 11.3 Å². The maximum absolute atomic E-state index is 13.4. The second kappa shape index (κ2) is 10.1. The number of hydrogen-bond acceptors (Lipinski definition) is 6. The van der Waals surface area contributed by atoms with Gasteiger partial charge in [0.25, 0.3) is 11.7 Å². The van der Waals surface area contributed by atoms with E-state index in [2.05, 4.69) is 0 Å². The van der Waals surface area contributed by atoms with Crippen molar-refractivity contribution in [3.05, 3.63) is 94.6 Å². The number of amides is 1. The maximum atomic E-state index is 13.4. The SMILES string of the molecule is CCOc1cccc(/C(O)=C2\C(=O)C(=O)N(c3cc(C)cc(C)c3)C2c2ccc(OC(C)=O)cc2)c1. The Morgan fingerprint density at radius 3 is 2.22 bits per heavy atom. The number of aryl methyl sites for hydroxylation is 2. The van der Waals surface area contributed by atoms with Crippen LogP contribution >= 0.6 is 0 Å². The van der Waals surface area contributed by atoms with Crippen LogP contribution in [0.2, 0.25) is 0 Å². The average molecular weight is 486 g/mol. The summed E-state index contributed by atoms with van der Waals surface area (Å²) in [6.07, 6.45) is 0. The fourth-order valence-corrected chi connectivity index (χ4v) is 4.44. The molecular formula is C29H27NO6. The molecule has 0 bridgehead atoms. The number of ether oxygens (including phenoxy) is 2. The Labute approximate surface area is 209 Å². The molecule has 0 aliphatic carbocycles. The van der Waals surface area contributed by atoms with Crippen molar-refractivity contribution in [2.45, 2.75) is 33.7 Å². The summed E-state index contributed by atoms with van der Waals surface area (Å²) in [7, 11) is 0. The number of esters is 1. The predicted octanol–water partition coefficient (Wildman–Crippen LogP) is 5.25. The van der Waals surface area contributed by atoms with E-state index in [1.54, 1.807) is 48.5 Å². The van der Waals surface area contributed by atoms with Crippen molar-refractivity contribution in [1.82, 2.24) is 0 Å². The Kier molecular flexibility index (Phi) is 6.92. The summed E-state index contributed by atoms with van der Waals surface area (Å²) in [5.41, 5.74) is 3.31. The number of carbonyl (C=O) groups excluding carboxylic acids is 3. The summed E-state index contributed by atoms with van der Waals surface area (Å²) in [6, 6.07) is 18.0. The average Bonchev–Trinajstić information content (AvgIpc) is 3.09. The molecule has 1 atom stereocenters. The zero-order valence-corrected chi connectivity index (χ0v) is 20.6. The van der Waals surface area contributed by atoms with Crippen molar-refractivity contribution in [2.24, 2.45) is 0 Å². The number of benzene rings is 3. The van der Waals surface area contributed by atoms with Gasteiger partial charge in [0.2, 0.25) is 0 Å². The molecule has 3 aromatic carbocycles. The number of nitrogens with zero attached hydrogens (tertiary/aromatic N) is 1. The summed E-state index contributed by atoms with van der Waals surface area (Å²) in [6.45, 7) is 7.42. The number of Topliss-reactive ketones (excluding diaryl/α,β-unsaturated/α-hetero) is 1. The molecule has 1 N–H and O–H groups in total. The third-order valence-corrected chi connectivity index (χ3v) is 5.80. The summed E-state index contributed by atoms with van der Waals surface area (Å²) in [5, 5.41) is 11.3. The molecule has 3 aromatic rings. The van der Waals surface area contributed by atoms with Crippen molar-refractivity contribution in [1.29, 1.82) is 0 Å². The van der Waals surface area contributed by atoms with E-state index in [1.807, 2.05) is 39.0 Å². The Balaban J connectivity index is 1.91. The second-order valence-corrected chi connectivity index (χ2v) is 8.64. The van der Waals surface area contributed by atoms with Crippen LogP contribution in [0.5, 0.6) is 11.5 Å². The number of aliphatic hydroxyl groups is 1. The number of anilines is 1. The third kappa shape index (κ3) is 4.86. The van der Waals surface area contributed by atoms with Gasteiger partial charge >= 0.3 is 5.97 Å². The lowest BCUT2D eigenvalue weighted by Gasteiger charge is -2.26. The molecule has 1 aliphatic heterocycles. The summed E-state index contributed by atoms with van der Waals surface area (Å²) < 4.78 is 10.7. The second-order valence-electron chi connectivity index (χ2n) is 8.64. The highest BCUT2D eigenvalue weighted by atomic mass is 16.5. The normalized spacial score (nSPS) is 16.8. The molecule has 184 valence electrons. The highest BCUT2D eigenvalue weighted by molar-refractivity contribution is 6.51. The minimum absolute atomic E-state index is 0.0342. The lowest BCUT2D eigenvalue weighted by Crippen LogP contribution is -2.29. The molecule has 1 unspecified atom stereocenters. The van der Waals surface area contributed by atoms with Gasteiger partial charge in [0.15, 0.2) is 0 Å². The molecule has 0 radical (unpaired) electrons. The summed E-state index contributed by atoms with van der Waals surface area (Å²) in [4.78, 5) is 39.5. The van der Waals surface area contributed by atoms with Gasteiger partial charge in [0, 0.05) is 18.2 Å². The topological polar surface area (TPSA) is 93.1 Å². The third-order valence-electron chi connectivity index (χ3n) is 5.80. The predicted molar refractivity (Wildman–Crippen MR) is 136 cm³/mol. The molecule has 36 heavy (non-hydrogen) atoms. The van der Waals surface area contributed by atoms with E-state index in [1.165, 1.54) is 11.8 Å². The van der Waals surface area contributed by atoms with Crippen LogP contribution in [0.15, 0.2) is 72.3 Å². The van der Waals surface area contributed by atoms with Crippen LogP contribution in [0, 0.1) is 13.8 Å². The molecule has 1 saturated heterocycles. The molecule has 1 aliphatic rings. The van der Waals surface area contributed by atoms with Gasteiger partial charge in [-0.15, -0.1) is 0 Å². The van der Waals surface area contributed by atoms with Gasteiger partial charge in [-0.05, 0) is 73.9 Å². The van der Waals surface area contributed by atoms with Crippen molar-refractivity contribution in [3.8, 4) is 11.5 Å². The number of aliphatic hydroxyl groups excluding tert-OH is 1. The van der Waals surface area contributed by atoms with Gasteiger partial charge in [0.1, 0.15) is 17.3 Å². The number of hydrogen-bond donors (Lipinski definition) is 1. The van der Waals surface area contributed by atoms with Crippen LogP contribution in [0.3, 0.4) is 0 Å². The van der Waals surface area contributed by atoms with Gasteiger partial charge in [-0.1, -0.05) is 30.3 Å². The van der Waals surface area contributed by atoms with Gasteiger partial charge in [-0.2, -0.15) is 0 Å². The molecule has 7 nitrogen and oxygen atoms in total. The highest BCUT2D eigenvalue weighted by Gasteiger charge is 2.47. The lowest BCUT2D eigenvalue weighted by atomic mass is 9.95. The van der Waals surface area contributed by atoms with E-state index < -0.39 is 23.7 Å². The molecule has 0 spiro atoms. The van der Waals surface area contributed by atoms with Crippen LogP contribution in [0.1, 0.15) is 42.1 Å². The maximum Gasteiger partial charge on any atom is 0.308 e.